The average Bonchev–Trinajstić information content (AvgIpc) is 2.59. The van der Waals surface area contributed by atoms with Crippen LogP contribution in [0.5, 0.6) is 0 Å². The van der Waals surface area contributed by atoms with E-state index in [-0.39, 0.29) is 22.3 Å². The van der Waals surface area contributed by atoms with Gasteiger partial charge >= 0.3 is 11.9 Å². The van der Waals surface area contributed by atoms with Gasteiger partial charge in [0.2, 0.25) is 0 Å². The molecule has 0 unspecified atom stereocenters. The number of nitro benzene ring substituents is 1. The van der Waals surface area contributed by atoms with Gasteiger partial charge in [0.15, 0.2) is 0 Å². The zero-order chi connectivity index (χ0) is 17.7. The van der Waals surface area contributed by atoms with E-state index in [0.29, 0.717) is 11.1 Å². The van der Waals surface area contributed by atoms with Crippen LogP contribution in [-0.2, 0) is 16.1 Å². The summed E-state index contributed by atoms with van der Waals surface area (Å²) in [6.45, 7) is -0.0759. The number of methoxy groups -OCH3 is 1. The van der Waals surface area contributed by atoms with Crippen molar-refractivity contribution in [2.75, 3.05) is 7.11 Å². The Hall–Kier alpha value is -2.74. The molecule has 7 nitrogen and oxygen atoms in total. The number of esters is 2. The molecule has 0 atom stereocenters. The predicted molar refractivity (Wildman–Crippen MR) is 87.7 cm³/mol. The molecule has 0 amide bonds. The molecule has 0 radical (unpaired) electrons. The van der Waals surface area contributed by atoms with E-state index in [0.717, 1.165) is 6.07 Å². The van der Waals surface area contributed by atoms with Crippen LogP contribution in [0.2, 0.25) is 0 Å². The van der Waals surface area contributed by atoms with Crippen molar-refractivity contribution in [3.8, 4) is 0 Å². The van der Waals surface area contributed by atoms with E-state index in [1.165, 1.54) is 19.2 Å². The molecular weight excluding hydrogens is 382 g/mol. The van der Waals surface area contributed by atoms with Gasteiger partial charge in [0.25, 0.3) is 5.69 Å². The number of halogens is 1. The van der Waals surface area contributed by atoms with Gasteiger partial charge in [-0.05, 0) is 45.8 Å². The van der Waals surface area contributed by atoms with Gasteiger partial charge in [-0.15, -0.1) is 0 Å². The highest BCUT2D eigenvalue weighted by atomic mass is 79.9. The Bertz CT molecular complexity index is 805. The van der Waals surface area contributed by atoms with Crippen LogP contribution in [-0.4, -0.2) is 24.0 Å². The fraction of sp³-hybridized carbons (Fsp3) is 0.125. The van der Waals surface area contributed by atoms with Crippen molar-refractivity contribution in [1.29, 1.82) is 0 Å². The molecule has 0 spiro atoms. The van der Waals surface area contributed by atoms with Crippen LogP contribution in [0.15, 0.2) is 46.9 Å². The van der Waals surface area contributed by atoms with Crippen molar-refractivity contribution < 1.29 is 24.0 Å². The van der Waals surface area contributed by atoms with Crippen molar-refractivity contribution in [2.24, 2.45) is 0 Å². The molecule has 124 valence electrons. The van der Waals surface area contributed by atoms with Gasteiger partial charge < -0.3 is 9.47 Å². The van der Waals surface area contributed by atoms with Crippen molar-refractivity contribution in [2.45, 2.75) is 6.61 Å². The fourth-order valence-corrected chi connectivity index (χ4v) is 2.31. The minimum absolute atomic E-state index is 0.0639. The van der Waals surface area contributed by atoms with Crippen LogP contribution >= 0.6 is 15.9 Å². The van der Waals surface area contributed by atoms with Crippen LogP contribution in [0.4, 0.5) is 5.69 Å². The standard InChI is InChI=1S/C16H12BrNO6/c1-23-15(19)11-4-2-3-10(7-11)9-24-16(20)12-5-6-13(17)14(8-12)18(21)22/h2-8H,9H2,1H3. The van der Waals surface area contributed by atoms with Gasteiger partial charge in [-0.25, -0.2) is 9.59 Å². The summed E-state index contributed by atoms with van der Waals surface area (Å²) in [7, 11) is 1.27. The van der Waals surface area contributed by atoms with E-state index in [1.54, 1.807) is 24.3 Å². The van der Waals surface area contributed by atoms with Gasteiger partial charge in [0, 0.05) is 6.07 Å². The summed E-state index contributed by atoms with van der Waals surface area (Å²) >= 11 is 3.05. The molecule has 0 aliphatic carbocycles. The lowest BCUT2D eigenvalue weighted by atomic mass is 10.1. The highest BCUT2D eigenvalue weighted by molar-refractivity contribution is 9.10. The van der Waals surface area contributed by atoms with E-state index < -0.39 is 16.9 Å². The maximum absolute atomic E-state index is 12.0. The molecule has 0 aromatic heterocycles. The maximum Gasteiger partial charge on any atom is 0.338 e. The Morgan fingerprint density at radius 3 is 2.50 bits per heavy atom. The first-order valence-electron chi connectivity index (χ1n) is 6.70. The Morgan fingerprint density at radius 1 is 1.12 bits per heavy atom. The van der Waals surface area contributed by atoms with Gasteiger partial charge in [0.05, 0.1) is 27.6 Å². The molecule has 8 heteroatoms. The Balaban J connectivity index is 2.10. The summed E-state index contributed by atoms with van der Waals surface area (Å²) in [6, 6.07) is 10.4. The summed E-state index contributed by atoms with van der Waals surface area (Å²) in [5, 5.41) is 10.9. The largest absolute Gasteiger partial charge is 0.465 e. The first-order valence-corrected chi connectivity index (χ1v) is 7.50. The van der Waals surface area contributed by atoms with Gasteiger partial charge in [-0.3, -0.25) is 10.1 Å². The van der Waals surface area contributed by atoms with Crippen LogP contribution in [0, 0.1) is 10.1 Å². The third kappa shape index (κ3) is 4.17. The molecule has 0 saturated carbocycles. The molecule has 0 N–H and O–H groups in total. The molecule has 0 saturated heterocycles. The summed E-state index contributed by atoms with van der Waals surface area (Å²) in [5.74, 6) is -1.19. The second-order valence-electron chi connectivity index (χ2n) is 4.69. The van der Waals surface area contributed by atoms with Gasteiger partial charge in [-0.2, -0.15) is 0 Å². The first-order chi connectivity index (χ1) is 11.4. The highest BCUT2D eigenvalue weighted by Crippen LogP contribution is 2.26. The number of nitrogens with zero attached hydrogens (tertiary/aromatic N) is 1. The van der Waals surface area contributed by atoms with E-state index in [4.69, 9.17) is 4.74 Å². The molecule has 0 heterocycles. The predicted octanol–water partition coefficient (Wildman–Crippen LogP) is 3.50. The number of hydrogen-bond acceptors (Lipinski definition) is 6. The van der Waals surface area contributed by atoms with Crippen LogP contribution < -0.4 is 0 Å². The molecule has 2 aromatic rings. The Labute approximate surface area is 145 Å². The minimum atomic E-state index is -0.700. The molecule has 2 aromatic carbocycles. The summed E-state index contributed by atoms with van der Waals surface area (Å²) in [5.41, 5.74) is 0.773. The lowest BCUT2D eigenvalue weighted by Crippen LogP contribution is -2.07. The summed E-state index contributed by atoms with van der Waals surface area (Å²) < 4.78 is 10.0. The van der Waals surface area contributed by atoms with Crippen molar-refractivity contribution >= 4 is 33.6 Å². The van der Waals surface area contributed by atoms with Crippen molar-refractivity contribution in [3.63, 3.8) is 0 Å². The Morgan fingerprint density at radius 2 is 1.83 bits per heavy atom. The number of hydrogen-bond donors (Lipinski definition) is 0. The molecule has 2 rings (SSSR count). The van der Waals surface area contributed by atoms with E-state index in [9.17, 15) is 19.7 Å². The third-order valence-electron chi connectivity index (χ3n) is 3.10. The van der Waals surface area contributed by atoms with Crippen LogP contribution in [0.1, 0.15) is 26.3 Å². The zero-order valence-corrected chi connectivity index (χ0v) is 14.1. The number of benzene rings is 2. The lowest BCUT2D eigenvalue weighted by Gasteiger charge is -2.07. The fourth-order valence-electron chi connectivity index (χ4n) is 1.92. The first kappa shape index (κ1) is 17.6. The molecule has 0 fully saturated rings. The van der Waals surface area contributed by atoms with Crippen LogP contribution in [0.25, 0.3) is 0 Å². The van der Waals surface area contributed by atoms with E-state index in [1.807, 2.05) is 0 Å². The SMILES string of the molecule is COC(=O)c1cccc(COC(=O)c2ccc(Br)c([N+](=O)[O-])c2)c1. The molecule has 24 heavy (non-hydrogen) atoms. The van der Waals surface area contributed by atoms with Crippen molar-refractivity contribution in [1.82, 2.24) is 0 Å². The topological polar surface area (TPSA) is 95.7 Å². The quantitative estimate of drug-likeness (QED) is 0.438. The molecule has 0 aliphatic rings. The number of rotatable bonds is 5. The smallest absolute Gasteiger partial charge is 0.338 e. The third-order valence-corrected chi connectivity index (χ3v) is 3.77. The molecule has 0 bridgehead atoms. The number of carbonyl (C=O) groups excluding carboxylic acids is 2. The van der Waals surface area contributed by atoms with Crippen LogP contribution in [0.3, 0.4) is 0 Å². The second kappa shape index (κ2) is 7.69. The normalized spacial score (nSPS) is 10.1. The molecule has 0 aliphatic heterocycles. The Kier molecular flexibility index (Phi) is 5.64. The highest BCUT2D eigenvalue weighted by Gasteiger charge is 2.17. The monoisotopic (exact) mass is 393 g/mol. The number of nitro groups is 1. The van der Waals surface area contributed by atoms with Crippen molar-refractivity contribution in [3.05, 3.63) is 73.7 Å². The minimum Gasteiger partial charge on any atom is -0.465 e. The summed E-state index contributed by atoms with van der Waals surface area (Å²) in [4.78, 5) is 33.8. The summed E-state index contributed by atoms with van der Waals surface area (Å²) in [6.07, 6.45) is 0. The lowest BCUT2D eigenvalue weighted by molar-refractivity contribution is -0.385. The van der Waals surface area contributed by atoms with Gasteiger partial charge in [0.1, 0.15) is 6.61 Å². The number of ether oxygens (including phenoxy) is 2. The number of carbonyl (C=O) groups is 2. The van der Waals surface area contributed by atoms with E-state index >= 15 is 0 Å². The maximum atomic E-state index is 12.0. The van der Waals surface area contributed by atoms with Gasteiger partial charge in [-0.1, -0.05) is 12.1 Å². The zero-order valence-electron chi connectivity index (χ0n) is 12.5. The van der Waals surface area contributed by atoms with E-state index in [2.05, 4.69) is 20.7 Å². The molecular formula is C16H12BrNO6. The average molecular weight is 394 g/mol. The second-order valence-corrected chi connectivity index (χ2v) is 5.55.